The maximum absolute atomic E-state index is 12.9. The molecule has 0 aliphatic carbocycles. The summed E-state index contributed by atoms with van der Waals surface area (Å²) >= 11 is 1.49. The average molecular weight is 417 g/mol. The number of benzene rings is 2. The molecule has 0 unspecified atom stereocenters. The van der Waals surface area contributed by atoms with Gasteiger partial charge in [-0.2, -0.15) is 5.10 Å². The van der Waals surface area contributed by atoms with Crippen LogP contribution in [0, 0.1) is 0 Å². The summed E-state index contributed by atoms with van der Waals surface area (Å²) in [5.41, 5.74) is 7.92. The summed E-state index contributed by atoms with van der Waals surface area (Å²) in [4.78, 5) is 26.2. The molecule has 7 heteroatoms. The van der Waals surface area contributed by atoms with Gasteiger partial charge >= 0.3 is 0 Å². The highest BCUT2D eigenvalue weighted by Gasteiger charge is 2.18. The number of rotatable bonds is 6. The smallest absolute Gasteiger partial charge is 0.290 e. The van der Waals surface area contributed by atoms with Gasteiger partial charge < -0.3 is 11.1 Å². The highest BCUT2D eigenvalue weighted by Crippen LogP contribution is 2.23. The van der Waals surface area contributed by atoms with Crippen molar-refractivity contribution in [1.29, 1.82) is 0 Å². The van der Waals surface area contributed by atoms with Crippen molar-refractivity contribution >= 4 is 22.9 Å². The molecule has 4 aromatic rings. The third-order valence-electron chi connectivity index (χ3n) is 4.64. The summed E-state index contributed by atoms with van der Waals surface area (Å²) in [6.07, 6.45) is 0. The standard InChI is InChI=1S/C23H20N4O2S/c24-18-14-19(20-12-7-13-30-20)26-27(23(18)29)15-21(28)25-22(16-8-3-1-4-9-16)17-10-5-2-6-11-17/h1-14,22H,15,24H2,(H,25,28). The molecule has 0 fully saturated rings. The fourth-order valence-electron chi connectivity index (χ4n) is 3.21. The highest BCUT2D eigenvalue weighted by atomic mass is 32.1. The van der Waals surface area contributed by atoms with Gasteiger partial charge in [-0.3, -0.25) is 9.59 Å². The first kappa shape index (κ1) is 19.6. The van der Waals surface area contributed by atoms with Gasteiger partial charge in [-0.05, 0) is 28.6 Å². The molecule has 0 saturated carbocycles. The van der Waals surface area contributed by atoms with Crippen molar-refractivity contribution in [3.05, 3.63) is 106 Å². The van der Waals surface area contributed by atoms with E-state index >= 15 is 0 Å². The molecular weight excluding hydrogens is 396 g/mol. The van der Waals surface area contributed by atoms with Gasteiger partial charge in [-0.1, -0.05) is 66.7 Å². The monoisotopic (exact) mass is 416 g/mol. The SMILES string of the molecule is Nc1cc(-c2cccs2)nn(CC(=O)NC(c2ccccc2)c2ccccc2)c1=O. The van der Waals surface area contributed by atoms with E-state index in [-0.39, 0.29) is 24.2 Å². The minimum Gasteiger partial charge on any atom is -0.394 e. The van der Waals surface area contributed by atoms with Gasteiger partial charge in [0.1, 0.15) is 17.9 Å². The molecule has 150 valence electrons. The molecule has 0 atom stereocenters. The van der Waals surface area contributed by atoms with Crippen molar-refractivity contribution < 1.29 is 4.79 Å². The number of thiophene rings is 1. The van der Waals surface area contributed by atoms with Crippen LogP contribution in [0.4, 0.5) is 5.69 Å². The molecule has 0 aliphatic rings. The zero-order valence-corrected chi connectivity index (χ0v) is 16.9. The van der Waals surface area contributed by atoms with Crippen LogP contribution < -0.4 is 16.6 Å². The second-order valence-electron chi connectivity index (χ2n) is 6.75. The van der Waals surface area contributed by atoms with Gasteiger partial charge in [0.05, 0.1) is 10.9 Å². The Morgan fingerprint density at radius 2 is 1.63 bits per heavy atom. The van der Waals surface area contributed by atoms with Crippen LogP contribution in [0.1, 0.15) is 17.2 Å². The molecule has 2 heterocycles. The number of amides is 1. The van der Waals surface area contributed by atoms with Crippen LogP contribution in [0.2, 0.25) is 0 Å². The van der Waals surface area contributed by atoms with Crippen LogP contribution in [0.3, 0.4) is 0 Å². The number of nitrogen functional groups attached to an aromatic ring is 1. The van der Waals surface area contributed by atoms with E-state index in [1.165, 1.54) is 11.3 Å². The van der Waals surface area contributed by atoms with Crippen LogP contribution in [0.25, 0.3) is 10.6 Å². The third-order valence-corrected chi connectivity index (χ3v) is 5.53. The maximum Gasteiger partial charge on any atom is 0.290 e. The normalized spacial score (nSPS) is 10.8. The molecule has 4 rings (SSSR count). The van der Waals surface area contributed by atoms with Crippen molar-refractivity contribution in [3.63, 3.8) is 0 Å². The van der Waals surface area contributed by atoms with Crippen LogP contribution in [-0.4, -0.2) is 15.7 Å². The van der Waals surface area contributed by atoms with E-state index in [0.717, 1.165) is 20.7 Å². The van der Waals surface area contributed by atoms with E-state index in [0.29, 0.717) is 5.69 Å². The minimum atomic E-state index is -0.485. The minimum absolute atomic E-state index is 0.0591. The van der Waals surface area contributed by atoms with Crippen molar-refractivity contribution in [2.24, 2.45) is 0 Å². The number of nitrogens with zero attached hydrogens (tertiary/aromatic N) is 2. The zero-order valence-electron chi connectivity index (χ0n) is 16.1. The van der Waals surface area contributed by atoms with Crippen LogP contribution in [0.15, 0.2) is 89.0 Å². The molecule has 0 spiro atoms. The number of anilines is 1. The Balaban J connectivity index is 1.61. The predicted octanol–water partition coefficient (Wildman–Crippen LogP) is 3.46. The molecule has 2 aromatic carbocycles. The molecule has 6 nitrogen and oxygen atoms in total. The lowest BCUT2D eigenvalue weighted by Crippen LogP contribution is -2.36. The van der Waals surface area contributed by atoms with E-state index in [2.05, 4.69) is 10.4 Å². The number of aromatic nitrogens is 2. The first-order valence-corrected chi connectivity index (χ1v) is 10.3. The number of nitrogens with two attached hydrogens (primary N) is 1. The first-order valence-electron chi connectivity index (χ1n) is 9.42. The summed E-state index contributed by atoms with van der Waals surface area (Å²) in [5, 5.41) is 9.28. The molecule has 2 aromatic heterocycles. The van der Waals surface area contributed by atoms with Crippen LogP contribution >= 0.6 is 11.3 Å². The number of nitrogens with one attached hydrogen (secondary N) is 1. The lowest BCUT2D eigenvalue weighted by atomic mass is 9.99. The average Bonchev–Trinajstić information content (AvgIpc) is 3.31. The highest BCUT2D eigenvalue weighted by molar-refractivity contribution is 7.13. The summed E-state index contributed by atoms with van der Waals surface area (Å²) < 4.78 is 1.12. The largest absolute Gasteiger partial charge is 0.394 e. The van der Waals surface area contributed by atoms with Crippen LogP contribution in [0.5, 0.6) is 0 Å². The number of hydrogen-bond acceptors (Lipinski definition) is 5. The molecule has 3 N–H and O–H groups in total. The topological polar surface area (TPSA) is 90.0 Å². The fraction of sp³-hybridized carbons (Fsp3) is 0.0870. The maximum atomic E-state index is 12.9. The predicted molar refractivity (Wildman–Crippen MR) is 119 cm³/mol. The molecule has 0 saturated heterocycles. The van der Waals surface area contributed by atoms with Crippen molar-refractivity contribution in [1.82, 2.24) is 15.1 Å². The molecule has 0 radical (unpaired) electrons. The Bertz CT molecular complexity index is 1150. The molecule has 1 amide bonds. The van der Waals surface area contributed by atoms with E-state index in [4.69, 9.17) is 5.73 Å². The van der Waals surface area contributed by atoms with Gasteiger partial charge in [-0.25, -0.2) is 4.68 Å². The molecule has 0 aliphatic heterocycles. The van der Waals surface area contributed by atoms with E-state index in [1.807, 2.05) is 78.2 Å². The van der Waals surface area contributed by atoms with Gasteiger partial charge in [-0.15, -0.1) is 11.3 Å². The van der Waals surface area contributed by atoms with E-state index in [9.17, 15) is 9.59 Å². The van der Waals surface area contributed by atoms with Gasteiger partial charge in [0.2, 0.25) is 5.91 Å². The quantitative estimate of drug-likeness (QED) is 0.504. The Hall–Kier alpha value is -3.71. The van der Waals surface area contributed by atoms with Gasteiger partial charge in [0, 0.05) is 0 Å². The summed E-state index contributed by atoms with van der Waals surface area (Å²) in [7, 11) is 0. The van der Waals surface area contributed by atoms with Gasteiger partial charge in [0.15, 0.2) is 0 Å². The van der Waals surface area contributed by atoms with Crippen molar-refractivity contribution in [2.75, 3.05) is 5.73 Å². The fourth-order valence-corrected chi connectivity index (χ4v) is 3.89. The van der Waals surface area contributed by atoms with Crippen LogP contribution in [-0.2, 0) is 11.3 Å². The van der Waals surface area contributed by atoms with E-state index in [1.54, 1.807) is 6.07 Å². The van der Waals surface area contributed by atoms with Crippen molar-refractivity contribution in [3.8, 4) is 10.6 Å². The molecule has 0 bridgehead atoms. The number of carbonyl (C=O) groups is 1. The number of hydrogen-bond donors (Lipinski definition) is 2. The molecule has 30 heavy (non-hydrogen) atoms. The Kier molecular flexibility index (Phi) is 5.72. The lowest BCUT2D eigenvalue weighted by molar-refractivity contribution is -0.122. The summed E-state index contributed by atoms with van der Waals surface area (Å²) in [6, 6.07) is 24.4. The van der Waals surface area contributed by atoms with Gasteiger partial charge in [0.25, 0.3) is 5.56 Å². The lowest BCUT2D eigenvalue weighted by Gasteiger charge is -2.20. The first-order chi connectivity index (χ1) is 14.6. The Morgan fingerprint density at radius 3 is 2.20 bits per heavy atom. The van der Waals surface area contributed by atoms with Crippen molar-refractivity contribution in [2.45, 2.75) is 12.6 Å². The second kappa shape index (κ2) is 8.75. The second-order valence-corrected chi connectivity index (χ2v) is 7.69. The zero-order chi connectivity index (χ0) is 20.9. The summed E-state index contributed by atoms with van der Waals surface area (Å²) in [5.74, 6) is -0.329. The van der Waals surface area contributed by atoms with E-state index < -0.39 is 5.56 Å². The summed E-state index contributed by atoms with van der Waals surface area (Å²) in [6.45, 7) is -0.224. The number of carbonyl (C=O) groups excluding carboxylic acids is 1. The Morgan fingerprint density at radius 1 is 1.00 bits per heavy atom. The Labute approximate surface area is 177 Å². The molecular formula is C23H20N4O2S. The third kappa shape index (κ3) is 4.31.